The van der Waals surface area contributed by atoms with Gasteiger partial charge in [0.1, 0.15) is 0 Å². The number of aromatic nitrogens is 1. The summed E-state index contributed by atoms with van der Waals surface area (Å²) in [6.07, 6.45) is 5.01. The topological polar surface area (TPSA) is 8.17 Å². The van der Waals surface area contributed by atoms with E-state index in [-0.39, 0.29) is 0 Å². The van der Waals surface area contributed by atoms with Gasteiger partial charge in [0.25, 0.3) is 0 Å². The fourth-order valence-electron chi connectivity index (χ4n) is 12.1. The van der Waals surface area contributed by atoms with Crippen molar-refractivity contribution in [3.63, 3.8) is 0 Å². The number of allylic oxidation sites excluding steroid dienone is 4. The predicted molar refractivity (Wildman–Crippen MR) is 297 cm³/mol. The van der Waals surface area contributed by atoms with Crippen LogP contribution >= 0.6 is 0 Å². The zero-order chi connectivity index (χ0) is 47.0. The molecule has 1 atom stereocenters. The van der Waals surface area contributed by atoms with Gasteiger partial charge in [0, 0.05) is 39.9 Å². The van der Waals surface area contributed by atoms with Gasteiger partial charge in [-0.25, -0.2) is 0 Å². The maximum Gasteiger partial charge on any atom is 0.0703 e. The molecule has 0 aliphatic heterocycles. The van der Waals surface area contributed by atoms with Gasteiger partial charge in [0.05, 0.1) is 16.4 Å². The SMILES string of the molecule is Cc1ccc2c(c1)C1(C3=C2C=CC#CC3)c2ccccc2-c2cccc(-c3ccc(N(c4ccc(-c5ccccc5)cc4)c4ccc(-c5ccc6c(c5)c5ccccc5n6-c5ccccc5)cc4)cc3)c21. The Balaban J connectivity index is 0.883. The maximum atomic E-state index is 3.54. The number of nitrogens with zero attached hydrogens (tertiary/aromatic N) is 2. The largest absolute Gasteiger partial charge is 0.311 e. The summed E-state index contributed by atoms with van der Waals surface area (Å²) in [5, 5.41) is 2.49. The summed E-state index contributed by atoms with van der Waals surface area (Å²) in [5.41, 5.74) is 25.5. The Labute approximate surface area is 414 Å². The van der Waals surface area contributed by atoms with Crippen molar-refractivity contribution < 1.29 is 0 Å². The Morgan fingerprint density at radius 2 is 1.03 bits per heavy atom. The summed E-state index contributed by atoms with van der Waals surface area (Å²) in [5.74, 6) is 6.86. The van der Waals surface area contributed by atoms with E-state index in [0.29, 0.717) is 6.42 Å². The van der Waals surface area contributed by atoms with Crippen molar-refractivity contribution in [2.45, 2.75) is 18.8 Å². The molecular formula is C69H46N2. The molecule has 71 heavy (non-hydrogen) atoms. The van der Waals surface area contributed by atoms with E-state index in [1.165, 1.54) is 105 Å². The Bertz CT molecular complexity index is 4050. The highest BCUT2D eigenvalue weighted by Crippen LogP contribution is 2.64. The molecule has 332 valence electrons. The number of hydrogen-bond acceptors (Lipinski definition) is 1. The number of fused-ring (bicyclic) bond motifs is 12. The average Bonchev–Trinajstić information content (AvgIpc) is 3.94. The molecule has 0 radical (unpaired) electrons. The molecule has 2 heteroatoms. The molecule has 14 rings (SSSR count). The second-order valence-electron chi connectivity index (χ2n) is 19.1. The van der Waals surface area contributed by atoms with E-state index in [0.717, 1.165) is 22.7 Å². The molecule has 1 heterocycles. The van der Waals surface area contributed by atoms with Crippen LogP contribution in [0.3, 0.4) is 0 Å². The van der Waals surface area contributed by atoms with Crippen molar-refractivity contribution in [2.24, 2.45) is 0 Å². The Hall–Kier alpha value is -9.16. The van der Waals surface area contributed by atoms with Gasteiger partial charge in [-0.1, -0.05) is 187 Å². The van der Waals surface area contributed by atoms with E-state index in [1.54, 1.807) is 0 Å². The van der Waals surface area contributed by atoms with Gasteiger partial charge in [0.2, 0.25) is 0 Å². The molecule has 0 saturated heterocycles. The summed E-state index contributed by atoms with van der Waals surface area (Å²) in [6, 6.07) is 87.3. The number of hydrogen-bond donors (Lipinski definition) is 0. The normalized spacial score (nSPS) is 15.0. The molecule has 0 bridgehead atoms. The van der Waals surface area contributed by atoms with E-state index in [9.17, 15) is 0 Å². The van der Waals surface area contributed by atoms with Crippen LogP contribution in [0, 0.1) is 18.8 Å². The summed E-state index contributed by atoms with van der Waals surface area (Å²) in [4.78, 5) is 2.38. The highest BCUT2D eigenvalue weighted by molar-refractivity contribution is 6.10. The standard InChI is InChI=1S/C69H46N2/c1-46-28-42-59-57-20-9-4-10-25-63(57)69(65(59)44-46)64-26-13-11-21-58(64)61-24-15-23-56(68(61)69)50-33-40-55(41-34-50)70(53-36-29-48(30-37-53)47-16-5-2-6-17-47)54-38-31-49(32-39-54)51-35-43-67-62(45-51)60-22-12-14-27-66(60)71(67)52-18-7-3-8-19-52/h2-3,5-9,11-24,26-45H,25H2,1H3. The maximum absolute atomic E-state index is 3.54. The molecule has 11 aromatic rings. The third kappa shape index (κ3) is 6.30. The van der Waals surface area contributed by atoms with Crippen molar-refractivity contribution >= 4 is 44.4 Å². The van der Waals surface area contributed by atoms with Crippen LogP contribution in [0.1, 0.15) is 34.2 Å². The zero-order valence-corrected chi connectivity index (χ0v) is 39.3. The van der Waals surface area contributed by atoms with E-state index in [2.05, 4.69) is 271 Å². The molecule has 0 fully saturated rings. The lowest BCUT2D eigenvalue weighted by Crippen LogP contribution is -2.28. The highest BCUT2D eigenvalue weighted by atomic mass is 15.1. The molecule has 1 spiro atoms. The predicted octanol–water partition coefficient (Wildman–Crippen LogP) is 17.6. The lowest BCUT2D eigenvalue weighted by atomic mass is 9.67. The molecular weight excluding hydrogens is 857 g/mol. The van der Waals surface area contributed by atoms with Crippen LogP contribution < -0.4 is 4.90 Å². The van der Waals surface area contributed by atoms with Crippen LogP contribution in [-0.2, 0) is 5.41 Å². The molecule has 1 unspecified atom stereocenters. The monoisotopic (exact) mass is 902 g/mol. The Morgan fingerprint density at radius 3 is 1.79 bits per heavy atom. The molecule has 1 aromatic heterocycles. The number of benzene rings is 10. The summed E-state index contributed by atoms with van der Waals surface area (Å²) < 4.78 is 2.37. The van der Waals surface area contributed by atoms with Crippen molar-refractivity contribution in [2.75, 3.05) is 4.90 Å². The second-order valence-corrected chi connectivity index (χ2v) is 19.1. The van der Waals surface area contributed by atoms with Gasteiger partial charge in [0.15, 0.2) is 0 Å². The van der Waals surface area contributed by atoms with Crippen molar-refractivity contribution in [3.05, 3.63) is 282 Å². The first-order chi connectivity index (χ1) is 35.1. The van der Waals surface area contributed by atoms with E-state index < -0.39 is 5.41 Å². The Morgan fingerprint density at radius 1 is 0.437 bits per heavy atom. The van der Waals surface area contributed by atoms with Crippen molar-refractivity contribution in [1.82, 2.24) is 4.57 Å². The quantitative estimate of drug-likeness (QED) is 0.145. The third-order valence-electron chi connectivity index (χ3n) is 15.2. The first-order valence-corrected chi connectivity index (χ1v) is 24.6. The van der Waals surface area contributed by atoms with Crippen LogP contribution in [0.15, 0.2) is 254 Å². The van der Waals surface area contributed by atoms with E-state index in [4.69, 9.17) is 0 Å². The molecule has 0 saturated carbocycles. The van der Waals surface area contributed by atoms with Gasteiger partial charge < -0.3 is 9.47 Å². The Kier molecular flexibility index (Phi) is 9.34. The van der Waals surface area contributed by atoms with Crippen molar-refractivity contribution in [3.8, 4) is 62.0 Å². The summed E-state index contributed by atoms with van der Waals surface area (Å²) >= 11 is 0. The third-order valence-corrected chi connectivity index (χ3v) is 15.2. The van der Waals surface area contributed by atoms with Crippen LogP contribution in [0.4, 0.5) is 17.1 Å². The fourth-order valence-corrected chi connectivity index (χ4v) is 12.1. The second kappa shape index (κ2) is 16.2. The zero-order valence-electron chi connectivity index (χ0n) is 39.3. The van der Waals surface area contributed by atoms with Crippen molar-refractivity contribution in [1.29, 1.82) is 0 Å². The number of para-hydroxylation sites is 2. The lowest BCUT2D eigenvalue weighted by molar-refractivity contribution is 0.751. The van der Waals surface area contributed by atoms with Gasteiger partial charge >= 0.3 is 0 Å². The van der Waals surface area contributed by atoms with E-state index >= 15 is 0 Å². The van der Waals surface area contributed by atoms with E-state index in [1.807, 2.05) is 6.08 Å². The number of rotatable bonds is 7. The van der Waals surface area contributed by atoms with Crippen LogP contribution in [0.5, 0.6) is 0 Å². The minimum Gasteiger partial charge on any atom is -0.311 e. The summed E-state index contributed by atoms with van der Waals surface area (Å²) in [6.45, 7) is 2.22. The van der Waals surface area contributed by atoms with Crippen LogP contribution in [0.25, 0.3) is 77.6 Å². The molecule has 3 aliphatic carbocycles. The molecule has 0 amide bonds. The smallest absolute Gasteiger partial charge is 0.0703 e. The highest BCUT2D eigenvalue weighted by Gasteiger charge is 2.53. The lowest BCUT2D eigenvalue weighted by Gasteiger charge is -2.34. The minimum absolute atomic E-state index is 0.459. The average molecular weight is 903 g/mol. The number of anilines is 3. The van der Waals surface area contributed by atoms with Crippen LogP contribution in [0.2, 0.25) is 0 Å². The minimum atomic E-state index is -0.459. The molecule has 3 aliphatic rings. The summed E-state index contributed by atoms with van der Waals surface area (Å²) in [7, 11) is 0. The first-order valence-electron chi connectivity index (χ1n) is 24.6. The molecule has 2 nitrogen and oxygen atoms in total. The first kappa shape index (κ1) is 40.9. The molecule has 10 aromatic carbocycles. The van der Waals surface area contributed by atoms with Gasteiger partial charge in [-0.05, 0) is 164 Å². The number of aryl methyl sites for hydroxylation is 1. The van der Waals surface area contributed by atoms with Gasteiger partial charge in [-0.15, -0.1) is 0 Å². The van der Waals surface area contributed by atoms with Crippen LogP contribution in [-0.4, -0.2) is 4.57 Å². The van der Waals surface area contributed by atoms with Gasteiger partial charge in [-0.3, -0.25) is 0 Å². The fraction of sp³-hybridized carbons (Fsp3) is 0.0435. The van der Waals surface area contributed by atoms with Gasteiger partial charge in [-0.2, -0.15) is 0 Å². The molecule has 0 N–H and O–H groups in total.